The molecule has 1 saturated carbocycles. The zero-order valence-electron chi connectivity index (χ0n) is 11.8. The molecule has 0 spiro atoms. The Morgan fingerprint density at radius 3 is 2.30 bits per heavy atom. The Balaban J connectivity index is 2.14. The minimum atomic E-state index is -0.980. The molecule has 4 nitrogen and oxygen atoms in total. The maximum Gasteiger partial charge on any atom is 0.323 e. The SMILES string of the molecule is CC1CCC(C(=O)N(CC(=O)O)c2ccccc2)CC1. The fourth-order valence-electron chi connectivity index (χ4n) is 2.77. The predicted molar refractivity (Wildman–Crippen MR) is 77.6 cm³/mol. The van der Waals surface area contributed by atoms with Gasteiger partial charge in [-0.05, 0) is 43.7 Å². The van der Waals surface area contributed by atoms with Crippen LogP contribution >= 0.6 is 0 Å². The van der Waals surface area contributed by atoms with Gasteiger partial charge in [0.2, 0.25) is 5.91 Å². The summed E-state index contributed by atoms with van der Waals surface area (Å²) in [6, 6.07) is 9.06. The maximum absolute atomic E-state index is 12.6. The number of benzene rings is 1. The molecule has 0 bridgehead atoms. The Labute approximate surface area is 119 Å². The molecule has 1 aromatic carbocycles. The van der Waals surface area contributed by atoms with Crippen LogP contribution in [0.15, 0.2) is 30.3 Å². The summed E-state index contributed by atoms with van der Waals surface area (Å²) in [5.41, 5.74) is 0.665. The predicted octanol–water partition coefficient (Wildman–Crippen LogP) is 2.93. The second-order valence-electron chi connectivity index (χ2n) is 5.61. The highest BCUT2D eigenvalue weighted by atomic mass is 16.4. The summed E-state index contributed by atoms with van der Waals surface area (Å²) in [6.45, 7) is 1.93. The highest BCUT2D eigenvalue weighted by molar-refractivity contribution is 5.98. The van der Waals surface area contributed by atoms with E-state index in [0.29, 0.717) is 11.6 Å². The molecular weight excluding hydrogens is 254 g/mol. The number of rotatable bonds is 4. The molecule has 1 amide bonds. The van der Waals surface area contributed by atoms with Crippen molar-refractivity contribution in [1.82, 2.24) is 0 Å². The number of carbonyl (C=O) groups is 2. The smallest absolute Gasteiger partial charge is 0.323 e. The van der Waals surface area contributed by atoms with Crippen LogP contribution in [0.25, 0.3) is 0 Å². The molecule has 0 unspecified atom stereocenters. The summed E-state index contributed by atoms with van der Waals surface area (Å²) in [7, 11) is 0. The molecule has 1 aliphatic rings. The second-order valence-corrected chi connectivity index (χ2v) is 5.61. The molecule has 1 fully saturated rings. The van der Waals surface area contributed by atoms with Crippen LogP contribution in [0.1, 0.15) is 32.6 Å². The van der Waals surface area contributed by atoms with Crippen LogP contribution in [-0.4, -0.2) is 23.5 Å². The van der Waals surface area contributed by atoms with Gasteiger partial charge in [0.1, 0.15) is 6.54 Å². The quantitative estimate of drug-likeness (QED) is 0.919. The van der Waals surface area contributed by atoms with Gasteiger partial charge >= 0.3 is 5.97 Å². The van der Waals surface area contributed by atoms with Crippen molar-refractivity contribution in [3.63, 3.8) is 0 Å². The lowest BCUT2D eigenvalue weighted by Crippen LogP contribution is -2.40. The number of hydrogen-bond acceptors (Lipinski definition) is 2. The van der Waals surface area contributed by atoms with Crippen molar-refractivity contribution in [2.45, 2.75) is 32.6 Å². The molecule has 0 heterocycles. The van der Waals surface area contributed by atoms with Crippen LogP contribution in [0, 0.1) is 11.8 Å². The van der Waals surface area contributed by atoms with Crippen molar-refractivity contribution in [3.8, 4) is 0 Å². The third kappa shape index (κ3) is 3.59. The first-order chi connectivity index (χ1) is 9.58. The van der Waals surface area contributed by atoms with Gasteiger partial charge in [0, 0.05) is 11.6 Å². The highest BCUT2D eigenvalue weighted by Crippen LogP contribution is 2.30. The lowest BCUT2D eigenvalue weighted by atomic mass is 9.82. The fourth-order valence-corrected chi connectivity index (χ4v) is 2.77. The summed E-state index contributed by atoms with van der Waals surface area (Å²) in [6.07, 6.45) is 3.82. The van der Waals surface area contributed by atoms with Crippen LogP contribution in [0.3, 0.4) is 0 Å². The molecular formula is C16H21NO3. The van der Waals surface area contributed by atoms with Gasteiger partial charge in [0.25, 0.3) is 0 Å². The van der Waals surface area contributed by atoms with Crippen LogP contribution in [0.2, 0.25) is 0 Å². The lowest BCUT2D eigenvalue weighted by molar-refractivity contribution is -0.137. The van der Waals surface area contributed by atoms with Crippen molar-refractivity contribution in [2.24, 2.45) is 11.8 Å². The number of anilines is 1. The first-order valence-corrected chi connectivity index (χ1v) is 7.16. The zero-order chi connectivity index (χ0) is 14.5. The van der Waals surface area contributed by atoms with E-state index in [9.17, 15) is 9.59 Å². The van der Waals surface area contributed by atoms with Gasteiger partial charge in [-0.2, -0.15) is 0 Å². The fraction of sp³-hybridized carbons (Fsp3) is 0.500. The number of amides is 1. The van der Waals surface area contributed by atoms with Gasteiger partial charge < -0.3 is 10.0 Å². The first-order valence-electron chi connectivity index (χ1n) is 7.16. The van der Waals surface area contributed by atoms with Crippen molar-refractivity contribution < 1.29 is 14.7 Å². The minimum Gasteiger partial charge on any atom is -0.480 e. The average molecular weight is 275 g/mol. The number of carboxylic acid groups (broad SMARTS) is 1. The number of carbonyl (C=O) groups excluding carboxylic acids is 1. The van der Waals surface area contributed by atoms with Gasteiger partial charge in [-0.25, -0.2) is 0 Å². The minimum absolute atomic E-state index is 0.0363. The van der Waals surface area contributed by atoms with Crippen molar-refractivity contribution in [2.75, 3.05) is 11.4 Å². The summed E-state index contributed by atoms with van der Waals surface area (Å²) < 4.78 is 0. The van der Waals surface area contributed by atoms with Crippen molar-refractivity contribution in [3.05, 3.63) is 30.3 Å². The molecule has 0 aliphatic heterocycles. The Kier molecular flexibility index (Phi) is 4.77. The Morgan fingerprint density at radius 1 is 1.15 bits per heavy atom. The lowest BCUT2D eigenvalue weighted by Gasteiger charge is -2.30. The molecule has 1 aliphatic carbocycles. The van der Waals surface area contributed by atoms with Crippen LogP contribution in [0.4, 0.5) is 5.69 Å². The number of nitrogens with zero attached hydrogens (tertiary/aromatic N) is 1. The topological polar surface area (TPSA) is 57.6 Å². The zero-order valence-corrected chi connectivity index (χ0v) is 11.8. The third-order valence-electron chi connectivity index (χ3n) is 3.99. The summed E-state index contributed by atoms with van der Waals surface area (Å²) in [5.74, 6) is -0.397. The van der Waals surface area contributed by atoms with Crippen molar-refractivity contribution in [1.29, 1.82) is 0 Å². The molecule has 20 heavy (non-hydrogen) atoms. The molecule has 2 rings (SSSR count). The third-order valence-corrected chi connectivity index (χ3v) is 3.99. The molecule has 0 radical (unpaired) electrons. The Hall–Kier alpha value is -1.84. The van der Waals surface area contributed by atoms with E-state index in [1.807, 2.05) is 18.2 Å². The van der Waals surface area contributed by atoms with E-state index in [0.717, 1.165) is 25.7 Å². The molecule has 1 N–H and O–H groups in total. The van der Waals surface area contributed by atoms with Gasteiger partial charge in [-0.3, -0.25) is 9.59 Å². The standard InChI is InChI=1S/C16H21NO3/c1-12-7-9-13(10-8-12)16(20)17(11-15(18)19)14-5-3-2-4-6-14/h2-6,12-13H,7-11H2,1H3,(H,18,19). The average Bonchev–Trinajstić information content (AvgIpc) is 2.45. The van der Waals surface area contributed by atoms with E-state index in [2.05, 4.69) is 6.92 Å². The monoisotopic (exact) mass is 275 g/mol. The van der Waals surface area contributed by atoms with E-state index in [4.69, 9.17) is 5.11 Å². The van der Waals surface area contributed by atoms with Crippen LogP contribution in [0.5, 0.6) is 0 Å². The van der Waals surface area contributed by atoms with E-state index in [-0.39, 0.29) is 18.4 Å². The second kappa shape index (κ2) is 6.55. The molecule has 4 heteroatoms. The largest absolute Gasteiger partial charge is 0.480 e. The number of aliphatic carboxylic acids is 1. The van der Waals surface area contributed by atoms with Crippen molar-refractivity contribution >= 4 is 17.6 Å². The van der Waals surface area contributed by atoms with Crippen LogP contribution in [-0.2, 0) is 9.59 Å². The Bertz CT molecular complexity index is 464. The number of carboxylic acids is 1. The van der Waals surface area contributed by atoms with E-state index in [1.54, 1.807) is 12.1 Å². The summed E-state index contributed by atoms with van der Waals surface area (Å²) in [5, 5.41) is 9.04. The van der Waals surface area contributed by atoms with Gasteiger partial charge in [-0.15, -0.1) is 0 Å². The maximum atomic E-state index is 12.6. The van der Waals surface area contributed by atoms with E-state index < -0.39 is 5.97 Å². The molecule has 0 aromatic heterocycles. The van der Waals surface area contributed by atoms with Crippen LogP contribution < -0.4 is 4.90 Å². The van der Waals surface area contributed by atoms with E-state index >= 15 is 0 Å². The Morgan fingerprint density at radius 2 is 1.75 bits per heavy atom. The van der Waals surface area contributed by atoms with Gasteiger partial charge in [-0.1, -0.05) is 25.1 Å². The highest BCUT2D eigenvalue weighted by Gasteiger charge is 2.29. The number of para-hydroxylation sites is 1. The normalized spacial score (nSPS) is 22.2. The molecule has 108 valence electrons. The van der Waals surface area contributed by atoms with Gasteiger partial charge in [0.15, 0.2) is 0 Å². The first kappa shape index (κ1) is 14.6. The number of hydrogen-bond donors (Lipinski definition) is 1. The van der Waals surface area contributed by atoms with E-state index in [1.165, 1.54) is 4.90 Å². The molecule has 1 aromatic rings. The summed E-state index contributed by atoms with van der Waals surface area (Å²) in [4.78, 5) is 25.0. The molecule has 0 saturated heterocycles. The molecule has 0 atom stereocenters. The summed E-state index contributed by atoms with van der Waals surface area (Å²) >= 11 is 0. The van der Waals surface area contributed by atoms with Gasteiger partial charge in [0.05, 0.1) is 0 Å².